The third-order valence-corrected chi connectivity index (χ3v) is 3.17. The van der Waals surface area contributed by atoms with Crippen LogP contribution in [0.2, 0.25) is 0 Å². The van der Waals surface area contributed by atoms with Crippen LogP contribution in [0.1, 0.15) is 21.5 Å². The summed E-state index contributed by atoms with van der Waals surface area (Å²) in [4.78, 5) is 24.4. The number of hydrogen-bond donors (Lipinski definition) is 3. The number of amides is 2. The molecule has 0 saturated heterocycles. The fourth-order valence-electron chi connectivity index (χ4n) is 2.15. The van der Waals surface area contributed by atoms with Crippen LogP contribution < -0.4 is 11.1 Å². The van der Waals surface area contributed by atoms with Crippen molar-refractivity contribution in [2.24, 2.45) is 5.73 Å². The number of carbonyl (C=O) groups is 2. The molecule has 0 aliphatic carbocycles. The molecule has 0 aromatic heterocycles. The van der Waals surface area contributed by atoms with Crippen LogP contribution >= 0.6 is 0 Å². The summed E-state index contributed by atoms with van der Waals surface area (Å²) in [5.74, 6) is -0.951. The van der Waals surface area contributed by atoms with Crippen LogP contribution in [0, 0.1) is 0 Å². The molecule has 0 unspecified atom stereocenters. The quantitative estimate of drug-likeness (QED) is 0.736. The molecule has 2 amide bonds. The number of benzene rings is 1. The van der Waals surface area contributed by atoms with Crippen molar-refractivity contribution in [1.29, 1.82) is 0 Å². The smallest absolute Gasteiger partial charge is 0.335 e. The van der Waals surface area contributed by atoms with Crippen molar-refractivity contribution >= 4 is 12.0 Å². The first-order valence-electron chi connectivity index (χ1n) is 6.19. The van der Waals surface area contributed by atoms with Crippen molar-refractivity contribution in [1.82, 2.24) is 10.2 Å². The fourth-order valence-corrected chi connectivity index (χ4v) is 2.15. The highest BCUT2D eigenvalue weighted by Gasteiger charge is 2.21. The Morgan fingerprint density at radius 3 is 2.84 bits per heavy atom. The Balaban J connectivity index is 2.11. The van der Waals surface area contributed by atoms with Gasteiger partial charge in [-0.15, -0.1) is 0 Å². The lowest BCUT2D eigenvalue weighted by molar-refractivity contribution is 0.0696. The number of carboxylic acid groups (broad SMARTS) is 1. The number of carboxylic acids is 1. The van der Waals surface area contributed by atoms with E-state index in [-0.39, 0.29) is 11.6 Å². The summed E-state index contributed by atoms with van der Waals surface area (Å²) in [5, 5.41) is 11.7. The molecule has 1 aliphatic heterocycles. The Bertz CT molecular complexity index is 502. The van der Waals surface area contributed by atoms with Crippen molar-refractivity contribution < 1.29 is 14.7 Å². The standard InChI is InChI=1S/C13H17N3O3/c14-4-5-15-13(19)16-6-3-9-1-2-10(12(17)18)7-11(9)8-16/h1-2,7H,3-6,8,14H2,(H,15,19)(H,17,18). The second kappa shape index (κ2) is 5.71. The first-order valence-corrected chi connectivity index (χ1v) is 6.19. The van der Waals surface area contributed by atoms with Crippen LogP contribution in [0.5, 0.6) is 0 Å². The zero-order valence-corrected chi connectivity index (χ0v) is 10.6. The molecule has 1 heterocycles. The van der Waals surface area contributed by atoms with E-state index in [9.17, 15) is 9.59 Å². The van der Waals surface area contributed by atoms with E-state index >= 15 is 0 Å². The molecule has 0 atom stereocenters. The lowest BCUT2D eigenvalue weighted by Gasteiger charge is -2.29. The number of nitrogens with one attached hydrogen (secondary N) is 1. The number of nitrogens with two attached hydrogens (primary N) is 1. The lowest BCUT2D eigenvalue weighted by atomic mass is 9.97. The normalized spacial score (nSPS) is 13.8. The number of hydrogen-bond acceptors (Lipinski definition) is 3. The molecule has 19 heavy (non-hydrogen) atoms. The van der Waals surface area contributed by atoms with E-state index < -0.39 is 5.97 Å². The van der Waals surface area contributed by atoms with E-state index in [1.807, 2.05) is 6.07 Å². The van der Waals surface area contributed by atoms with Crippen LogP contribution in [0.4, 0.5) is 4.79 Å². The summed E-state index contributed by atoms with van der Waals surface area (Å²) in [7, 11) is 0. The highest BCUT2D eigenvalue weighted by atomic mass is 16.4. The van der Waals surface area contributed by atoms with Crippen molar-refractivity contribution in [2.45, 2.75) is 13.0 Å². The van der Waals surface area contributed by atoms with Crippen molar-refractivity contribution in [2.75, 3.05) is 19.6 Å². The third-order valence-electron chi connectivity index (χ3n) is 3.17. The second-order valence-electron chi connectivity index (χ2n) is 4.48. The molecular weight excluding hydrogens is 246 g/mol. The zero-order chi connectivity index (χ0) is 13.8. The predicted octanol–water partition coefficient (Wildman–Crippen LogP) is 0.411. The maximum atomic E-state index is 11.8. The molecule has 6 nitrogen and oxygen atoms in total. The molecule has 0 bridgehead atoms. The van der Waals surface area contributed by atoms with Gasteiger partial charge in [-0.2, -0.15) is 0 Å². The van der Waals surface area contributed by atoms with E-state index in [4.69, 9.17) is 10.8 Å². The topological polar surface area (TPSA) is 95.7 Å². The van der Waals surface area contributed by atoms with Crippen LogP contribution in [0.15, 0.2) is 18.2 Å². The summed E-state index contributed by atoms with van der Waals surface area (Å²) in [5.41, 5.74) is 7.59. The number of aromatic carboxylic acids is 1. The first-order chi connectivity index (χ1) is 9.11. The number of nitrogens with zero attached hydrogens (tertiary/aromatic N) is 1. The fraction of sp³-hybridized carbons (Fsp3) is 0.385. The highest BCUT2D eigenvalue weighted by Crippen LogP contribution is 2.20. The first kappa shape index (κ1) is 13.4. The van der Waals surface area contributed by atoms with Crippen LogP contribution in [0.25, 0.3) is 0 Å². The second-order valence-corrected chi connectivity index (χ2v) is 4.48. The largest absolute Gasteiger partial charge is 0.478 e. The van der Waals surface area contributed by atoms with Gasteiger partial charge in [0.1, 0.15) is 0 Å². The van der Waals surface area contributed by atoms with Crippen LogP contribution in [0.3, 0.4) is 0 Å². The van der Waals surface area contributed by atoms with Gasteiger partial charge < -0.3 is 21.1 Å². The lowest BCUT2D eigenvalue weighted by Crippen LogP contribution is -2.44. The summed E-state index contributed by atoms with van der Waals surface area (Å²) in [6.45, 7) is 1.92. The molecule has 1 aromatic rings. The van der Waals surface area contributed by atoms with Crippen LogP contribution in [-0.2, 0) is 13.0 Å². The summed E-state index contributed by atoms with van der Waals surface area (Å²) < 4.78 is 0. The number of fused-ring (bicyclic) bond motifs is 1. The summed E-state index contributed by atoms with van der Waals surface area (Å²) >= 11 is 0. The molecule has 0 fully saturated rings. The maximum Gasteiger partial charge on any atom is 0.335 e. The Hall–Kier alpha value is -2.08. The molecule has 1 aromatic carbocycles. The SMILES string of the molecule is NCCNC(=O)N1CCc2ccc(C(=O)O)cc2C1. The van der Waals surface area contributed by atoms with Gasteiger partial charge in [0.2, 0.25) is 0 Å². The molecule has 2 rings (SSSR count). The van der Waals surface area contributed by atoms with Gasteiger partial charge in [-0.05, 0) is 29.7 Å². The average molecular weight is 263 g/mol. The van der Waals surface area contributed by atoms with Crippen molar-refractivity contribution in [3.8, 4) is 0 Å². The van der Waals surface area contributed by atoms with Gasteiger partial charge in [0.25, 0.3) is 0 Å². The third kappa shape index (κ3) is 3.03. The monoisotopic (exact) mass is 263 g/mol. The average Bonchev–Trinajstić information content (AvgIpc) is 2.43. The van der Waals surface area contributed by atoms with E-state index in [1.165, 1.54) is 0 Å². The minimum absolute atomic E-state index is 0.156. The van der Waals surface area contributed by atoms with Gasteiger partial charge in [0.15, 0.2) is 0 Å². The number of rotatable bonds is 3. The molecule has 0 radical (unpaired) electrons. The summed E-state index contributed by atoms with van der Waals surface area (Å²) in [6.07, 6.45) is 0.741. The predicted molar refractivity (Wildman–Crippen MR) is 70.0 cm³/mol. The van der Waals surface area contributed by atoms with E-state index in [0.717, 1.165) is 17.5 Å². The molecule has 0 spiro atoms. The van der Waals surface area contributed by atoms with Gasteiger partial charge in [-0.3, -0.25) is 0 Å². The minimum Gasteiger partial charge on any atom is -0.478 e. The summed E-state index contributed by atoms with van der Waals surface area (Å²) in [6, 6.07) is 4.91. The van der Waals surface area contributed by atoms with Gasteiger partial charge in [0.05, 0.1) is 5.56 Å². The Kier molecular flexibility index (Phi) is 4.01. The molecule has 102 valence electrons. The van der Waals surface area contributed by atoms with Gasteiger partial charge >= 0.3 is 12.0 Å². The van der Waals surface area contributed by atoms with Crippen molar-refractivity contribution in [3.63, 3.8) is 0 Å². The van der Waals surface area contributed by atoms with Gasteiger partial charge in [-0.1, -0.05) is 6.07 Å². The zero-order valence-electron chi connectivity index (χ0n) is 10.6. The van der Waals surface area contributed by atoms with Crippen molar-refractivity contribution in [3.05, 3.63) is 34.9 Å². The Morgan fingerprint density at radius 1 is 1.37 bits per heavy atom. The highest BCUT2D eigenvalue weighted by molar-refractivity contribution is 5.88. The Morgan fingerprint density at radius 2 is 2.16 bits per heavy atom. The molecule has 0 saturated carbocycles. The van der Waals surface area contributed by atoms with Gasteiger partial charge in [0, 0.05) is 26.2 Å². The molecular formula is C13H17N3O3. The number of urea groups is 1. The number of carbonyl (C=O) groups excluding carboxylic acids is 1. The molecule has 6 heteroatoms. The van der Waals surface area contributed by atoms with Crippen LogP contribution in [-0.4, -0.2) is 41.6 Å². The van der Waals surface area contributed by atoms with Gasteiger partial charge in [-0.25, -0.2) is 9.59 Å². The minimum atomic E-state index is -0.951. The molecule has 1 aliphatic rings. The van der Waals surface area contributed by atoms with E-state index in [0.29, 0.717) is 26.2 Å². The van der Waals surface area contributed by atoms with E-state index in [2.05, 4.69) is 5.32 Å². The Labute approximate surface area is 111 Å². The molecule has 4 N–H and O–H groups in total. The maximum absolute atomic E-state index is 11.8. The van der Waals surface area contributed by atoms with E-state index in [1.54, 1.807) is 17.0 Å².